The molecule has 0 radical (unpaired) electrons. The maximum atomic E-state index is 9.89. The summed E-state index contributed by atoms with van der Waals surface area (Å²) >= 11 is 0. The van der Waals surface area contributed by atoms with E-state index >= 15 is 0 Å². The highest BCUT2D eigenvalue weighted by molar-refractivity contribution is 5.52. The summed E-state index contributed by atoms with van der Waals surface area (Å²) in [7, 11) is 0. The number of phenolic OH excluding ortho intramolecular Hbond substituents is 2. The van der Waals surface area contributed by atoms with Crippen LogP contribution in [0.2, 0.25) is 0 Å². The molecule has 0 aromatic heterocycles. The molecule has 1 atom stereocenters. The van der Waals surface area contributed by atoms with E-state index < -0.39 is 0 Å². The average molecular weight is 269 g/mol. The van der Waals surface area contributed by atoms with Gasteiger partial charge < -0.3 is 15.5 Å². The normalized spacial score (nSPS) is 14.8. The first kappa shape index (κ1) is 12.9. The Morgan fingerprint density at radius 3 is 2.60 bits per heavy atom. The Balaban J connectivity index is 1.80. The van der Waals surface area contributed by atoms with Gasteiger partial charge in [-0.05, 0) is 61.6 Å². The number of nitrogens with one attached hydrogen (secondary N) is 1. The SMILES string of the molecule is CC(Nc1ccc2c(c1)CCC2)c1ccc(O)cc1O. The zero-order chi connectivity index (χ0) is 14.1. The summed E-state index contributed by atoms with van der Waals surface area (Å²) in [5.41, 5.74) is 4.74. The Morgan fingerprint density at radius 2 is 1.80 bits per heavy atom. The van der Waals surface area contributed by atoms with Gasteiger partial charge >= 0.3 is 0 Å². The fourth-order valence-electron chi connectivity index (χ4n) is 2.89. The molecule has 1 aliphatic rings. The van der Waals surface area contributed by atoms with Crippen LogP contribution in [0, 0.1) is 0 Å². The number of hydrogen-bond donors (Lipinski definition) is 3. The molecule has 0 bridgehead atoms. The molecule has 3 N–H and O–H groups in total. The van der Waals surface area contributed by atoms with E-state index in [1.807, 2.05) is 6.92 Å². The third-order valence-corrected chi connectivity index (χ3v) is 3.96. The van der Waals surface area contributed by atoms with E-state index in [9.17, 15) is 10.2 Å². The minimum absolute atomic E-state index is 0.0185. The maximum Gasteiger partial charge on any atom is 0.124 e. The summed E-state index contributed by atoms with van der Waals surface area (Å²) in [6.45, 7) is 2.00. The van der Waals surface area contributed by atoms with Crippen molar-refractivity contribution in [3.05, 3.63) is 53.1 Å². The van der Waals surface area contributed by atoms with Crippen molar-refractivity contribution >= 4 is 5.69 Å². The number of aromatic hydroxyl groups is 2. The zero-order valence-electron chi connectivity index (χ0n) is 11.6. The molecule has 0 fully saturated rings. The van der Waals surface area contributed by atoms with Crippen LogP contribution in [-0.4, -0.2) is 10.2 Å². The Labute approximate surface area is 118 Å². The van der Waals surface area contributed by atoms with E-state index in [0.717, 1.165) is 17.7 Å². The highest BCUT2D eigenvalue weighted by Gasteiger charge is 2.14. The summed E-state index contributed by atoms with van der Waals surface area (Å²) in [6.07, 6.45) is 3.58. The smallest absolute Gasteiger partial charge is 0.124 e. The Kier molecular flexibility index (Phi) is 3.26. The Morgan fingerprint density at radius 1 is 1.00 bits per heavy atom. The molecular weight excluding hydrogens is 250 g/mol. The van der Waals surface area contributed by atoms with Crippen molar-refractivity contribution < 1.29 is 10.2 Å². The van der Waals surface area contributed by atoms with Crippen molar-refractivity contribution in [3.63, 3.8) is 0 Å². The van der Waals surface area contributed by atoms with E-state index in [0.29, 0.717) is 0 Å². The van der Waals surface area contributed by atoms with Crippen molar-refractivity contribution in [2.75, 3.05) is 5.32 Å². The van der Waals surface area contributed by atoms with Crippen LogP contribution in [0.4, 0.5) is 5.69 Å². The molecule has 0 saturated carbocycles. The van der Waals surface area contributed by atoms with Crippen molar-refractivity contribution in [2.45, 2.75) is 32.2 Å². The second-order valence-corrected chi connectivity index (χ2v) is 5.45. The molecule has 3 nitrogen and oxygen atoms in total. The first-order valence-corrected chi connectivity index (χ1v) is 7.04. The number of anilines is 1. The van der Waals surface area contributed by atoms with E-state index in [2.05, 4.69) is 23.5 Å². The first-order valence-electron chi connectivity index (χ1n) is 7.04. The van der Waals surface area contributed by atoms with Crippen LogP contribution in [0.5, 0.6) is 11.5 Å². The molecule has 0 heterocycles. The van der Waals surface area contributed by atoms with Gasteiger partial charge in [-0.2, -0.15) is 0 Å². The highest BCUT2D eigenvalue weighted by atomic mass is 16.3. The fraction of sp³-hybridized carbons (Fsp3) is 0.294. The Bertz CT molecular complexity index is 637. The van der Waals surface area contributed by atoms with Crippen LogP contribution in [-0.2, 0) is 12.8 Å². The maximum absolute atomic E-state index is 9.89. The number of hydrogen-bond acceptors (Lipinski definition) is 3. The van der Waals surface area contributed by atoms with Gasteiger partial charge in [0.2, 0.25) is 0 Å². The number of rotatable bonds is 3. The lowest BCUT2D eigenvalue weighted by Crippen LogP contribution is -2.07. The molecule has 1 aliphatic carbocycles. The number of fused-ring (bicyclic) bond motifs is 1. The van der Waals surface area contributed by atoms with Crippen LogP contribution in [0.15, 0.2) is 36.4 Å². The molecule has 20 heavy (non-hydrogen) atoms. The molecule has 3 rings (SSSR count). The van der Waals surface area contributed by atoms with Gasteiger partial charge in [0, 0.05) is 17.3 Å². The minimum Gasteiger partial charge on any atom is -0.508 e. The molecule has 0 amide bonds. The summed E-state index contributed by atoms with van der Waals surface area (Å²) in [4.78, 5) is 0. The average Bonchev–Trinajstić information content (AvgIpc) is 2.85. The lowest BCUT2D eigenvalue weighted by molar-refractivity contribution is 0.444. The number of phenols is 2. The second kappa shape index (κ2) is 5.08. The van der Waals surface area contributed by atoms with E-state index in [4.69, 9.17) is 0 Å². The summed E-state index contributed by atoms with van der Waals surface area (Å²) < 4.78 is 0. The number of benzene rings is 2. The van der Waals surface area contributed by atoms with Gasteiger partial charge in [0.25, 0.3) is 0 Å². The quantitative estimate of drug-likeness (QED) is 0.795. The third kappa shape index (κ3) is 2.44. The van der Waals surface area contributed by atoms with Gasteiger partial charge in [-0.3, -0.25) is 0 Å². The second-order valence-electron chi connectivity index (χ2n) is 5.45. The van der Waals surface area contributed by atoms with Gasteiger partial charge in [-0.1, -0.05) is 6.07 Å². The molecule has 104 valence electrons. The minimum atomic E-state index is -0.0185. The third-order valence-electron chi connectivity index (χ3n) is 3.96. The van der Waals surface area contributed by atoms with Gasteiger partial charge in [0.15, 0.2) is 0 Å². The molecule has 0 spiro atoms. The summed E-state index contributed by atoms with van der Waals surface area (Å²) in [5.74, 6) is 0.196. The van der Waals surface area contributed by atoms with E-state index in [-0.39, 0.29) is 17.5 Å². The van der Waals surface area contributed by atoms with Crippen LogP contribution in [0.1, 0.15) is 36.1 Å². The molecule has 2 aromatic carbocycles. The first-order chi connectivity index (χ1) is 9.63. The predicted octanol–water partition coefficient (Wildman–Crippen LogP) is 3.76. The van der Waals surface area contributed by atoms with Crippen LogP contribution in [0.3, 0.4) is 0 Å². The largest absolute Gasteiger partial charge is 0.508 e. The summed E-state index contributed by atoms with van der Waals surface area (Å²) in [6, 6.07) is 11.2. The highest BCUT2D eigenvalue weighted by Crippen LogP contribution is 2.31. The van der Waals surface area contributed by atoms with Crippen LogP contribution >= 0.6 is 0 Å². The zero-order valence-corrected chi connectivity index (χ0v) is 11.6. The fourth-order valence-corrected chi connectivity index (χ4v) is 2.89. The molecule has 1 unspecified atom stereocenters. The van der Waals surface area contributed by atoms with Gasteiger partial charge in [0.1, 0.15) is 11.5 Å². The monoisotopic (exact) mass is 269 g/mol. The van der Waals surface area contributed by atoms with E-state index in [1.165, 1.54) is 30.0 Å². The lowest BCUT2D eigenvalue weighted by Gasteiger charge is -2.17. The van der Waals surface area contributed by atoms with Crippen LogP contribution < -0.4 is 5.32 Å². The van der Waals surface area contributed by atoms with Gasteiger partial charge in [0.05, 0.1) is 6.04 Å². The van der Waals surface area contributed by atoms with E-state index in [1.54, 1.807) is 12.1 Å². The van der Waals surface area contributed by atoms with Crippen molar-refractivity contribution in [3.8, 4) is 11.5 Å². The number of aryl methyl sites for hydroxylation is 2. The molecule has 0 aliphatic heterocycles. The molecule has 3 heteroatoms. The van der Waals surface area contributed by atoms with Gasteiger partial charge in [-0.25, -0.2) is 0 Å². The molecule has 0 saturated heterocycles. The van der Waals surface area contributed by atoms with Crippen LogP contribution in [0.25, 0.3) is 0 Å². The van der Waals surface area contributed by atoms with Crippen molar-refractivity contribution in [2.24, 2.45) is 0 Å². The Hall–Kier alpha value is -2.16. The predicted molar refractivity (Wildman–Crippen MR) is 80.3 cm³/mol. The van der Waals surface area contributed by atoms with Crippen molar-refractivity contribution in [1.82, 2.24) is 0 Å². The van der Waals surface area contributed by atoms with Gasteiger partial charge in [-0.15, -0.1) is 0 Å². The molecule has 2 aromatic rings. The standard InChI is InChI=1S/C17H19NO2/c1-11(16-8-7-15(19)10-17(16)20)18-14-6-5-12-3-2-4-13(12)9-14/h5-11,18-20H,2-4H2,1H3. The summed E-state index contributed by atoms with van der Waals surface area (Å²) in [5, 5.41) is 22.6. The van der Waals surface area contributed by atoms with Crippen molar-refractivity contribution in [1.29, 1.82) is 0 Å². The lowest BCUT2D eigenvalue weighted by atomic mass is 10.1. The topological polar surface area (TPSA) is 52.5 Å². The molecular formula is C17H19NO2.